The first-order valence-electron chi connectivity index (χ1n) is 9.00. The van der Waals surface area contributed by atoms with E-state index in [2.05, 4.69) is 10.6 Å². The zero-order valence-corrected chi connectivity index (χ0v) is 15.7. The number of ether oxygens (including phenoxy) is 1. The van der Waals surface area contributed by atoms with Gasteiger partial charge in [0.25, 0.3) is 0 Å². The molecular weight excluding hydrogens is 337 g/mol. The zero-order valence-electron chi connectivity index (χ0n) is 15.7. The van der Waals surface area contributed by atoms with Crippen LogP contribution in [0.4, 0.5) is 14.0 Å². The fourth-order valence-electron chi connectivity index (χ4n) is 2.78. The molecule has 6 nitrogen and oxygen atoms in total. The number of nitrogens with zero attached hydrogens (tertiary/aromatic N) is 1. The first kappa shape index (κ1) is 20.0. The maximum absolute atomic E-state index is 13.5. The molecule has 0 atom stereocenters. The Labute approximate surface area is 154 Å². The first-order chi connectivity index (χ1) is 12.2. The van der Waals surface area contributed by atoms with E-state index in [1.165, 1.54) is 6.07 Å². The number of halogens is 1. The molecule has 26 heavy (non-hydrogen) atoms. The molecule has 1 saturated heterocycles. The number of hydrogen-bond donors (Lipinski definition) is 2. The van der Waals surface area contributed by atoms with Crippen LogP contribution in [0.1, 0.15) is 39.2 Å². The van der Waals surface area contributed by atoms with E-state index in [9.17, 15) is 14.0 Å². The second-order valence-corrected chi connectivity index (χ2v) is 7.48. The molecule has 0 radical (unpaired) electrons. The van der Waals surface area contributed by atoms with Crippen LogP contribution in [-0.2, 0) is 11.2 Å². The summed E-state index contributed by atoms with van der Waals surface area (Å²) in [5.41, 5.74) is 0.0723. The maximum Gasteiger partial charge on any atom is 0.410 e. The Morgan fingerprint density at radius 3 is 2.50 bits per heavy atom. The number of carbonyl (C=O) groups is 2. The third-order valence-corrected chi connectivity index (χ3v) is 4.12. The average Bonchev–Trinajstić information content (AvgIpc) is 2.55. The van der Waals surface area contributed by atoms with Gasteiger partial charge in [0, 0.05) is 25.7 Å². The monoisotopic (exact) mass is 365 g/mol. The van der Waals surface area contributed by atoms with Crippen molar-refractivity contribution in [3.05, 3.63) is 35.6 Å². The molecule has 1 aliphatic heterocycles. The minimum absolute atomic E-state index is 0.0159. The molecule has 0 bridgehead atoms. The molecule has 3 amide bonds. The van der Waals surface area contributed by atoms with Gasteiger partial charge >= 0.3 is 12.1 Å². The predicted octanol–water partition coefficient (Wildman–Crippen LogP) is 3.07. The number of urea groups is 1. The Morgan fingerprint density at radius 1 is 1.23 bits per heavy atom. The van der Waals surface area contributed by atoms with E-state index < -0.39 is 5.60 Å². The van der Waals surface area contributed by atoms with Crippen LogP contribution in [0.25, 0.3) is 0 Å². The van der Waals surface area contributed by atoms with Gasteiger partial charge in [0.05, 0.1) is 0 Å². The molecule has 1 heterocycles. The van der Waals surface area contributed by atoms with Gasteiger partial charge in [0.2, 0.25) is 0 Å². The van der Waals surface area contributed by atoms with Crippen LogP contribution in [0.3, 0.4) is 0 Å². The number of carbonyl (C=O) groups excluding carboxylic acids is 2. The number of piperidine rings is 1. The van der Waals surface area contributed by atoms with E-state index in [1.807, 2.05) is 20.8 Å². The summed E-state index contributed by atoms with van der Waals surface area (Å²) < 4.78 is 18.9. The lowest BCUT2D eigenvalue weighted by molar-refractivity contribution is 0.0201. The fraction of sp³-hybridized carbons (Fsp3) is 0.579. The Morgan fingerprint density at radius 2 is 1.88 bits per heavy atom. The van der Waals surface area contributed by atoms with Gasteiger partial charge in [-0.25, -0.2) is 14.0 Å². The van der Waals surface area contributed by atoms with Crippen molar-refractivity contribution in [2.24, 2.45) is 0 Å². The minimum atomic E-state index is -0.510. The Hall–Kier alpha value is -2.31. The third-order valence-electron chi connectivity index (χ3n) is 4.12. The van der Waals surface area contributed by atoms with Crippen LogP contribution < -0.4 is 10.6 Å². The number of likely N-dealkylation sites (tertiary alicyclic amines) is 1. The topological polar surface area (TPSA) is 70.7 Å². The summed E-state index contributed by atoms with van der Waals surface area (Å²) in [5.74, 6) is -0.260. The lowest BCUT2D eigenvalue weighted by Gasteiger charge is -2.33. The fourth-order valence-corrected chi connectivity index (χ4v) is 2.78. The van der Waals surface area contributed by atoms with Crippen molar-refractivity contribution in [1.82, 2.24) is 15.5 Å². The van der Waals surface area contributed by atoms with Gasteiger partial charge in [-0.05, 0) is 51.7 Å². The molecule has 2 N–H and O–H groups in total. The summed E-state index contributed by atoms with van der Waals surface area (Å²) in [6.07, 6.45) is 1.49. The molecule has 0 aromatic heterocycles. The van der Waals surface area contributed by atoms with Crippen molar-refractivity contribution in [2.45, 2.75) is 51.7 Å². The largest absolute Gasteiger partial charge is 0.444 e. The standard InChI is InChI=1S/C19H28FN3O3/c1-19(2,3)26-18(25)23-12-9-15(10-13-23)22-17(24)21-11-8-14-6-4-5-7-16(14)20/h4-7,15H,8-13H2,1-3H3,(H2,21,22,24). The number of rotatable bonds is 4. The highest BCUT2D eigenvalue weighted by Crippen LogP contribution is 2.15. The molecule has 0 saturated carbocycles. The third kappa shape index (κ3) is 6.54. The van der Waals surface area contributed by atoms with Crippen molar-refractivity contribution in [3.8, 4) is 0 Å². The van der Waals surface area contributed by atoms with E-state index in [4.69, 9.17) is 4.74 Å². The smallest absolute Gasteiger partial charge is 0.410 e. The van der Waals surface area contributed by atoms with Gasteiger partial charge in [-0.2, -0.15) is 0 Å². The van der Waals surface area contributed by atoms with Crippen molar-refractivity contribution in [2.75, 3.05) is 19.6 Å². The molecule has 1 aliphatic rings. The van der Waals surface area contributed by atoms with Crippen LogP contribution >= 0.6 is 0 Å². The summed E-state index contributed by atoms with van der Waals surface area (Å²) in [4.78, 5) is 25.7. The summed E-state index contributed by atoms with van der Waals surface area (Å²) in [7, 11) is 0. The maximum atomic E-state index is 13.5. The lowest BCUT2D eigenvalue weighted by Crippen LogP contribution is -2.50. The molecule has 1 aromatic carbocycles. The molecule has 2 rings (SSSR count). The molecular formula is C19H28FN3O3. The second-order valence-electron chi connectivity index (χ2n) is 7.48. The van der Waals surface area contributed by atoms with Gasteiger partial charge in [-0.3, -0.25) is 0 Å². The molecule has 0 aliphatic carbocycles. The summed E-state index contributed by atoms with van der Waals surface area (Å²) in [6, 6.07) is 6.29. The quantitative estimate of drug-likeness (QED) is 0.861. The van der Waals surface area contributed by atoms with Gasteiger partial charge < -0.3 is 20.3 Å². The predicted molar refractivity (Wildman–Crippen MR) is 97.5 cm³/mol. The average molecular weight is 365 g/mol. The van der Waals surface area contributed by atoms with E-state index >= 15 is 0 Å². The summed E-state index contributed by atoms with van der Waals surface area (Å²) >= 11 is 0. The van der Waals surface area contributed by atoms with Gasteiger partial charge in [0.15, 0.2) is 0 Å². The van der Waals surface area contributed by atoms with Crippen molar-refractivity contribution < 1.29 is 18.7 Å². The van der Waals surface area contributed by atoms with Gasteiger partial charge in [-0.1, -0.05) is 18.2 Å². The van der Waals surface area contributed by atoms with E-state index in [0.29, 0.717) is 44.5 Å². The number of nitrogens with one attached hydrogen (secondary N) is 2. The SMILES string of the molecule is CC(C)(C)OC(=O)N1CCC(NC(=O)NCCc2ccccc2F)CC1. The highest BCUT2D eigenvalue weighted by molar-refractivity contribution is 5.74. The summed E-state index contributed by atoms with van der Waals surface area (Å²) in [6.45, 7) is 6.98. The molecule has 1 aromatic rings. The van der Waals surface area contributed by atoms with Crippen molar-refractivity contribution >= 4 is 12.1 Å². The normalized spacial score (nSPS) is 15.5. The highest BCUT2D eigenvalue weighted by atomic mass is 19.1. The number of amides is 3. The molecule has 7 heteroatoms. The van der Waals surface area contributed by atoms with E-state index in [-0.39, 0.29) is 24.0 Å². The molecule has 1 fully saturated rings. The van der Waals surface area contributed by atoms with E-state index in [1.54, 1.807) is 23.1 Å². The van der Waals surface area contributed by atoms with Gasteiger partial charge in [-0.15, -0.1) is 0 Å². The number of hydrogen-bond acceptors (Lipinski definition) is 3. The van der Waals surface area contributed by atoms with Crippen molar-refractivity contribution in [1.29, 1.82) is 0 Å². The molecule has 144 valence electrons. The van der Waals surface area contributed by atoms with Crippen molar-refractivity contribution in [3.63, 3.8) is 0 Å². The summed E-state index contributed by atoms with van der Waals surface area (Å²) in [5, 5.41) is 5.65. The first-order valence-corrected chi connectivity index (χ1v) is 9.00. The molecule has 0 spiro atoms. The Bertz CT molecular complexity index is 623. The zero-order chi connectivity index (χ0) is 19.2. The number of benzene rings is 1. The van der Waals surface area contributed by atoms with Crippen LogP contribution in [0.15, 0.2) is 24.3 Å². The van der Waals surface area contributed by atoms with Gasteiger partial charge in [0.1, 0.15) is 11.4 Å². The minimum Gasteiger partial charge on any atom is -0.444 e. The van der Waals surface area contributed by atoms with Crippen LogP contribution in [0.2, 0.25) is 0 Å². The molecule has 0 unspecified atom stereocenters. The van der Waals surface area contributed by atoms with Crippen LogP contribution in [0.5, 0.6) is 0 Å². The van der Waals surface area contributed by atoms with Crippen LogP contribution in [0, 0.1) is 5.82 Å². The highest BCUT2D eigenvalue weighted by Gasteiger charge is 2.27. The van der Waals surface area contributed by atoms with E-state index in [0.717, 1.165) is 0 Å². The Kier molecular flexibility index (Phi) is 6.83. The second kappa shape index (κ2) is 8.87. The Balaban J connectivity index is 1.66. The lowest BCUT2D eigenvalue weighted by atomic mass is 10.1. The van der Waals surface area contributed by atoms with Crippen LogP contribution in [-0.4, -0.2) is 48.3 Å².